The van der Waals surface area contributed by atoms with Crippen molar-refractivity contribution in [2.24, 2.45) is 0 Å². The van der Waals surface area contributed by atoms with Crippen molar-refractivity contribution in [3.63, 3.8) is 0 Å². The van der Waals surface area contributed by atoms with Gasteiger partial charge in [-0.05, 0) is 26.2 Å². The number of epoxide rings is 1. The molecule has 0 amide bonds. The van der Waals surface area contributed by atoms with Crippen LogP contribution in [0.4, 0.5) is 0 Å². The third-order valence-electron chi connectivity index (χ3n) is 2.56. The Labute approximate surface area is 106 Å². The van der Waals surface area contributed by atoms with E-state index in [9.17, 15) is 9.59 Å². The van der Waals surface area contributed by atoms with Gasteiger partial charge in [0.05, 0.1) is 6.61 Å². The van der Waals surface area contributed by atoms with E-state index in [0.29, 0.717) is 37.0 Å². The maximum Gasteiger partial charge on any atom is 0.333 e. The molecule has 1 atom stereocenters. The maximum absolute atomic E-state index is 11.4. The van der Waals surface area contributed by atoms with Gasteiger partial charge in [-0.15, -0.1) is 0 Å². The van der Waals surface area contributed by atoms with Gasteiger partial charge in [0.15, 0.2) is 0 Å². The van der Waals surface area contributed by atoms with E-state index in [1.54, 1.807) is 13.0 Å². The van der Waals surface area contributed by atoms with Crippen LogP contribution in [0, 0.1) is 0 Å². The molecule has 0 saturated carbocycles. The van der Waals surface area contributed by atoms with Gasteiger partial charge >= 0.3 is 11.9 Å². The van der Waals surface area contributed by atoms with Gasteiger partial charge in [-0.25, -0.2) is 9.59 Å². The summed E-state index contributed by atoms with van der Waals surface area (Å²) in [5, 5.41) is 8.63. The van der Waals surface area contributed by atoms with Crippen LogP contribution in [0.25, 0.3) is 0 Å². The van der Waals surface area contributed by atoms with Crippen LogP contribution in [0.2, 0.25) is 0 Å². The Morgan fingerprint density at radius 1 is 1.56 bits per heavy atom. The molecule has 1 aliphatic heterocycles. The van der Waals surface area contributed by atoms with E-state index in [1.165, 1.54) is 0 Å². The molecule has 1 rings (SSSR count). The van der Waals surface area contributed by atoms with Gasteiger partial charge in [-0.3, -0.25) is 0 Å². The molecule has 100 valence electrons. The van der Waals surface area contributed by atoms with Crippen LogP contribution in [0.3, 0.4) is 0 Å². The second kappa shape index (κ2) is 6.96. The number of rotatable bonds is 8. The van der Waals surface area contributed by atoms with Gasteiger partial charge < -0.3 is 14.6 Å². The van der Waals surface area contributed by atoms with Gasteiger partial charge in [-0.2, -0.15) is 0 Å². The molecule has 5 heteroatoms. The predicted octanol–water partition coefficient (Wildman–Crippen LogP) is 1.69. The van der Waals surface area contributed by atoms with E-state index < -0.39 is 11.9 Å². The van der Waals surface area contributed by atoms with Crippen LogP contribution < -0.4 is 0 Å². The molecule has 0 aromatic rings. The highest BCUT2D eigenvalue weighted by Gasteiger charge is 2.24. The van der Waals surface area contributed by atoms with Crippen molar-refractivity contribution in [2.75, 3.05) is 13.2 Å². The molecule has 18 heavy (non-hydrogen) atoms. The van der Waals surface area contributed by atoms with Crippen molar-refractivity contribution in [1.29, 1.82) is 0 Å². The average Bonchev–Trinajstić information content (AvgIpc) is 3.14. The molecule has 1 aliphatic rings. The van der Waals surface area contributed by atoms with Crippen LogP contribution in [0.15, 0.2) is 23.8 Å². The SMILES string of the molecule is C=C(CCCC=C(C)C(=O)O)C(=O)OCC1CO1. The summed E-state index contributed by atoms with van der Waals surface area (Å²) in [5.41, 5.74) is 0.728. The van der Waals surface area contributed by atoms with Gasteiger partial charge in [0.1, 0.15) is 12.7 Å². The van der Waals surface area contributed by atoms with Gasteiger partial charge in [0.2, 0.25) is 0 Å². The number of allylic oxidation sites excluding steroid dienone is 1. The second-order valence-electron chi connectivity index (χ2n) is 4.24. The van der Waals surface area contributed by atoms with Crippen molar-refractivity contribution >= 4 is 11.9 Å². The third-order valence-corrected chi connectivity index (χ3v) is 2.56. The Morgan fingerprint density at radius 2 is 2.22 bits per heavy atom. The Morgan fingerprint density at radius 3 is 2.78 bits per heavy atom. The summed E-state index contributed by atoms with van der Waals surface area (Å²) in [6.07, 6.45) is 3.49. The molecule has 1 N–H and O–H groups in total. The molecule has 1 saturated heterocycles. The van der Waals surface area contributed by atoms with Crippen molar-refractivity contribution in [2.45, 2.75) is 32.3 Å². The summed E-state index contributed by atoms with van der Waals surface area (Å²) in [7, 11) is 0. The lowest BCUT2D eigenvalue weighted by molar-refractivity contribution is -0.139. The molecular formula is C13H18O5. The standard InChI is InChI=1S/C13H18O5/c1-9(12(14)15)5-3-4-6-10(2)13(16)18-8-11-7-17-11/h5,11H,2-4,6-8H2,1H3,(H,14,15). The fourth-order valence-corrected chi connectivity index (χ4v) is 1.26. The first-order valence-corrected chi connectivity index (χ1v) is 5.87. The number of hydrogen-bond donors (Lipinski definition) is 1. The van der Waals surface area contributed by atoms with Crippen LogP contribution in [-0.2, 0) is 19.1 Å². The predicted molar refractivity (Wildman–Crippen MR) is 65.1 cm³/mol. The molecule has 0 aromatic heterocycles. The first-order chi connectivity index (χ1) is 8.50. The van der Waals surface area contributed by atoms with Crippen molar-refractivity contribution in [3.8, 4) is 0 Å². The van der Waals surface area contributed by atoms with E-state index in [2.05, 4.69) is 6.58 Å². The average molecular weight is 254 g/mol. The molecule has 1 unspecified atom stereocenters. The van der Waals surface area contributed by atoms with E-state index in [-0.39, 0.29) is 12.7 Å². The highest BCUT2D eigenvalue weighted by molar-refractivity contribution is 5.87. The Balaban J connectivity index is 2.13. The summed E-state index contributed by atoms with van der Waals surface area (Å²) in [6, 6.07) is 0. The highest BCUT2D eigenvalue weighted by atomic mass is 16.6. The first-order valence-electron chi connectivity index (χ1n) is 5.87. The fraction of sp³-hybridized carbons (Fsp3) is 0.538. The number of carbonyl (C=O) groups excluding carboxylic acids is 1. The zero-order valence-electron chi connectivity index (χ0n) is 10.5. The van der Waals surface area contributed by atoms with E-state index in [0.717, 1.165) is 0 Å². The summed E-state index contributed by atoms with van der Waals surface area (Å²) < 4.78 is 9.89. The molecule has 0 spiro atoms. The minimum atomic E-state index is -0.919. The first kappa shape index (κ1) is 14.4. The summed E-state index contributed by atoms with van der Waals surface area (Å²) >= 11 is 0. The van der Waals surface area contributed by atoms with Crippen LogP contribution in [-0.4, -0.2) is 36.4 Å². The molecule has 0 bridgehead atoms. The normalized spacial score (nSPS) is 18.3. The van der Waals surface area contributed by atoms with E-state index >= 15 is 0 Å². The molecule has 1 fully saturated rings. The van der Waals surface area contributed by atoms with Crippen molar-refractivity contribution in [3.05, 3.63) is 23.8 Å². The zero-order chi connectivity index (χ0) is 13.5. The number of aliphatic carboxylic acids is 1. The minimum absolute atomic E-state index is 0.0582. The van der Waals surface area contributed by atoms with Crippen LogP contribution in [0.1, 0.15) is 26.2 Å². The fourth-order valence-electron chi connectivity index (χ4n) is 1.26. The number of esters is 1. The van der Waals surface area contributed by atoms with Crippen LogP contribution in [0.5, 0.6) is 0 Å². The Bertz CT molecular complexity index is 366. The highest BCUT2D eigenvalue weighted by Crippen LogP contribution is 2.12. The van der Waals surface area contributed by atoms with Gasteiger partial charge in [-0.1, -0.05) is 12.7 Å². The Hall–Kier alpha value is -1.62. The smallest absolute Gasteiger partial charge is 0.333 e. The van der Waals surface area contributed by atoms with Gasteiger partial charge in [0.25, 0.3) is 0 Å². The van der Waals surface area contributed by atoms with Crippen molar-refractivity contribution in [1.82, 2.24) is 0 Å². The molecule has 1 heterocycles. The molecule has 0 radical (unpaired) electrons. The number of hydrogen-bond acceptors (Lipinski definition) is 4. The topological polar surface area (TPSA) is 76.1 Å². The quantitative estimate of drug-likeness (QED) is 0.309. The molecule has 0 aliphatic carbocycles. The lowest BCUT2D eigenvalue weighted by atomic mass is 10.1. The number of carboxylic acids is 1. The molecule has 5 nitrogen and oxygen atoms in total. The van der Waals surface area contributed by atoms with E-state index in [1.807, 2.05) is 0 Å². The monoisotopic (exact) mass is 254 g/mol. The number of carboxylic acid groups (broad SMARTS) is 1. The summed E-state index contributed by atoms with van der Waals surface area (Å²) in [4.78, 5) is 21.9. The molecule has 0 aromatic carbocycles. The minimum Gasteiger partial charge on any atom is -0.478 e. The van der Waals surface area contributed by atoms with Gasteiger partial charge in [0, 0.05) is 11.1 Å². The Kier molecular flexibility index (Phi) is 5.58. The largest absolute Gasteiger partial charge is 0.478 e. The second-order valence-corrected chi connectivity index (χ2v) is 4.24. The summed E-state index contributed by atoms with van der Waals surface area (Å²) in [5.74, 6) is -1.32. The summed E-state index contributed by atoms with van der Waals surface area (Å²) in [6.45, 7) is 6.13. The maximum atomic E-state index is 11.4. The van der Waals surface area contributed by atoms with Crippen LogP contribution >= 0.6 is 0 Å². The van der Waals surface area contributed by atoms with E-state index in [4.69, 9.17) is 14.6 Å². The lowest BCUT2D eigenvalue weighted by Gasteiger charge is -2.04. The van der Waals surface area contributed by atoms with Crippen molar-refractivity contribution < 1.29 is 24.2 Å². The third kappa shape index (κ3) is 5.63. The number of carbonyl (C=O) groups is 2. The zero-order valence-corrected chi connectivity index (χ0v) is 10.5. The number of ether oxygens (including phenoxy) is 2. The molecular weight excluding hydrogens is 236 g/mol. The number of unbranched alkanes of at least 4 members (excludes halogenated alkanes) is 1. The lowest BCUT2D eigenvalue weighted by Crippen LogP contribution is -2.11.